The van der Waals surface area contributed by atoms with Crippen LogP contribution in [0.5, 0.6) is 0 Å². The van der Waals surface area contributed by atoms with Gasteiger partial charge in [-0.05, 0) is 31.4 Å². The molecule has 1 saturated heterocycles. The number of hydrogen-bond acceptors (Lipinski definition) is 3. The van der Waals surface area contributed by atoms with Gasteiger partial charge in [-0.15, -0.1) is 0 Å². The third-order valence-corrected chi connectivity index (χ3v) is 4.58. The summed E-state index contributed by atoms with van der Waals surface area (Å²) in [6.45, 7) is 2.64. The van der Waals surface area contributed by atoms with E-state index in [-0.39, 0.29) is 29.0 Å². The molecule has 23 heavy (non-hydrogen) atoms. The summed E-state index contributed by atoms with van der Waals surface area (Å²) in [5.74, 6) is 0.107. The van der Waals surface area contributed by atoms with E-state index in [1.54, 1.807) is 11.0 Å². The Labute approximate surface area is 139 Å². The van der Waals surface area contributed by atoms with E-state index in [0.717, 1.165) is 25.0 Å². The number of halogens is 2. The molecule has 122 valence electrons. The van der Waals surface area contributed by atoms with Gasteiger partial charge in [0.2, 0.25) is 5.91 Å². The van der Waals surface area contributed by atoms with Gasteiger partial charge in [-0.25, -0.2) is 4.39 Å². The molecule has 1 aliphatic heterocycles. The maximum Gasteiger partial charge on any atom is 0.227 e. The van der Waals surface area contributed by atoms with Crippen molar-refractivity contribution in [2.75, 3.05) is 6.54 Å². The van der Waals surface area contributed by atoms with Gasteiger partial charge in [0.15, 0.2) is 5.76 Å². The Kier molecular flexibility index (Phi) is 4.66. The molecule has 0 aliphatic carbocycles. The molecule has 1 unspecified atom stereocenters. The van der Waals surface area contributed by atoms with Gasteiger partial charge in [0.1, 0.15) is 5.82 Å². The number of amides is 1. The van der Waals surface area contributed by atoms with E-state index in [0.29, 0.717) is 12.3 Å². The normalized spacial score (nSPS) is 17.7. The van der Waals surface area contributed by atoms with Gasteiger partial charge in [-0.2, -0.15) is 0 Å². The highest BCUT2D eigenvalue weighted by Crippen LogP contribution is 2.33. The molecule has 3 rings (SSSR count). The molecule has 6 heteroatoms. The maximum atomic E-state index is 13.9. The second-order valence-electron chi connectivity index (χ2n) is 5.70. The van der Waals surface area contributed by atoms with Crippen LogP contribution in [0.15, 0.2) is 28.8 Å². The van der Waals surface area contributed by atoms with E-state index in [1.165, 1.54) is 12.1 Å². The average Bonchev–Trinajstić information content (AvgIpc) is 3.18. The van der Waals surface area contributed by atoms with Crippen molar-refractivity contribution in [3.8, 4) is 0 Å². The Morgan fingerprint density at radius 2 is 2.35 bits per heavy atom. The lowest BCUT2D eigenvalue weighted by atomic mass is 10.1. The van der Waals surface area contributed by atoms with Crippen molar-refractivity contribution in [1.82, 2.24) is 10.1 Å². The third kappa shape index (κ3) is 3.24. The molecule has 4 nitrogen and oxygen atoms in total. The lowest BCUT2D eigenvalue weighted by Gasteiger charge is -2.23. The minimum atomic E-state index is -0.450. The van der Waals surface area contributed by atoms with Crippen molar-refractivity contribution in [3.05, 3.63) is 52.1 Å². The summed E-state index contributed by atoms with van der Waals surface area (Å²) >= 11 is 6.02. The van der Waals surface area contributed by atoms with Gasteiger partial charge in [0.25, 0.3) is 0 Å². The first kappa shape index (κ1) is 16.0. The van der Waals surface area contributed by atoms with Gasteiger partial charge in [0.05, 0.1) is 18.2 Å². The molecule has 2 heterocycles. The predicted molar refractivity (Wildman–Crippen MR) is 84.7 cm³/mol. The standard InChI is InChI=1S/C17H18ClFN2O2/c1-2-11-9-16(23-20-11)15-7-4-8-21(15)17(22)10-12-13(18)5-3-6-14(12)19/h3,5-6,9,15H,2,4,7-8,10H2,1H3. The maximum absolute atomic E-state index is 13.9. The summed E-state index contributed by atoms with van der Waals surface area (Å²) in [6.07, 6.45) is 2.46. The molecule has 1 aliphatic rings. The molecule has 0 spiro atoms. The Morgan fingerprint density at radius 3 is 3.04 bits per heavy atom. The highest BCUT2D eigenvalue weighted by Gasteiger charge is 2.33. The van der Waals surface area contributed by atoms with Crippen LogP contribution in [0.3, 0.4) is 0 Å². The van der Waals surface area contributed by atoms with Crippen LogP contribution in [-0.2, 0) is 17.6 Å². The van der Waals surface area contributed by atoms with Crippen molar-refractivity contribution in [3.63, 3.8) is 0 Å². The highest BCUT2D eigenvalue weighted by atomic mass is 35.5. The number of benzene rings is 1. The van der Waals surface area contributed by atoms with Crippen molar-refractivity contribution in [2.45, 2.75) is 38.6 Å². The molecule has 1 amide bonds. The van der Waals surface area contributed by atoms with Crippen molar-refractivity contribution < 1.29 is 13.7 Å². The van der Waals surface area contributed by atoms with Gasteiger partial charge in [-0.1, -0.05) is 29.7 Å². The van der Waals surface area contributed by atoms with Gasteiger partial charge >= 0.3 is 0 Å². The van der Waals surface area contributed by atoms with Crippen molar-refractivity contribution >= 4 is 17.5 Å². The number of nitrogens with zero attached hydrogens (tertiary/aromatic N) is 2. The number of likely N-dealkylation sites (tertiary alicyclic amines) is 1. The molecule has 1 atom stereocenters. The monoisotopic (exact) mass is 336 g/mol. The third-order valence-electron chi connectivity index (χ3n) is 4.23. The zero-order valence-electron chi connectivity index (χ0n) is 12.9. The fraction of sp³-hybridized carbons (Fsp3) is 0.412. The molecule has 0 bridgehead atoms. The van der Waals surface area contributed by atoms with Gasteiger partial charge in [-0.3, -0.25) is 4.79 Å². The number of aryl methyl sites for hydroxylation is 1. The van der Waals surface area contributed by atoms with E-state index in [9.17, 15) is 9.18 Å². The van der Waals surface area contributed by atoms with Crippen LogP contribution in [0.2, 0.25) is 5.02 Å². The fourth-order valence-corrected chi connectivity index (χ4v) is 3.20. The summed E-state index contributed by atoms with van der Waals surface area (Å²) in [6, 6.07) is 6.22. The Hall–Kier alpha value is -1.88. The first-order valence-corrected chi connectivity index (χ1v) is 8.15. The van der Waals surface area contributed by atoms with Crippen LogP contribution in [-0.4, -0.2) is 22.5 Å². The minimum absolute atomic E-state index is 0.0449. The number of carbonyl (C=O) groups is 1. The summed E-state index contributed by atoms with van der Waals surface area (Å²) in [5, 5.41) is 4.27. The van der Waals surface area contributed by atoms with Crippen LogP contribution in [0.1, 0.15) is 42.8 Å². The number of carbonyl (C=O) groups excluding carboxylic acids is 1. The fourth-order valence-electron chi connectivity index (χ4n) is 2.97. The first-order chi connectivity index (χ1) is 11.1. The van der Waals surface area contributed by atoms with Crippen LogP contribution >= 0.6 is 11.6 Å². The minimum Gasteiger partial charge on any atom is -0.359 e. The summed E-state index contributed by atoms with van der Waals surface area (Å²) < 4.78 is 19.3. The van der Waals surface area contributed by atoms with Crippen LogP contribution in [0, 0.1) is 5.82 Å². The quantitative estimate of drug-likeness (QED) is 0.849. The zero-order chi connectivity index (χ0) is 16.4. The second-order valence-corrected chi connectivity index (χ2v) is 6.10. The van der Waals surface area contributed by atoms with Crippen molar-refractivity contribution in [1.29, 1.82) is 0 Å². The van der Waals surface area contributed by atoms with E-state index in [2.05, 4.69) is 5.16 Å². The molecule has 0 saturated carbocycles. The van der Waals surface area contributed by atoms with Crippen LogP contribution in [0.4, 0.5) is 4.39 Å². The largest absolute Gasteiger partial charge is 0.359 e. The van der Waals surface area contributed by atoms with Crippen LogP contribution in [0.25, 0.3) is 0 Å². The lowest BCUT2D eigenvalue weighted by Crippen LogP contribution is -2.32. The molecular weight excluding hydrogens is 319 g/mol. The number of hydrogen-bond donors (Lipinski definition) is 0. The Balaban J connectivity index is 1.78. The Morgan fingerprint density at radius 1 is 1.52 bits per heavy atom. The van der Waals surface area contributed by atoms with Crippen molar-refractivity contribution in [2.24, 2.45) is 0 Å². The van der Waals surface area contributed by atoms with Gasteiger partial charge in [0, 0.05) is 23.2 Å². The predicted octanol–water partition coefficient (Wildman–Crippen LogP) is 3.94. The van der Waals surface area contributed by atoms with E-state index in [4.69, 9.17) is 16.1 Å². The molecule has 0 radical (unpaired) electrons. The molecule has 0 N–H and O–H groups in total. The summed E-state index contributed by atoms with van der Waals surface area (Å²) in [5.41, 5.74) is 1.12. The first-order valence-electron chi connectivity index (χ1n) is 7.78. The van der Waals surface area contributed by atoms with Crippen LogP contribution < -0.4 is 0 Å². The Bertz CT molecular complexity index is 696. The summed E-state index contributed by atoms with van der Waals surface area (Å²) in [7, 11) is 0. The average molecular weight is 337 g/mol. The molecule has 1 fully saturated rings. The molecule has 1 aromatic heterocycles. The SMILES string of the molecule is CCc1cc(C2CCCN2C(=O)Cc2c(F)cccc2Cl)on1. The smallest absolute Gasteiger partial charge is 0.227 e. The van der Waals surface area contributed by atoms with Gasteiger partial charge < -0.3 is 9.42 Å². The molecule has 1 aromatic carbocycles. The topological polar surface area (TPSA) is 46.3 Å². The molecule has 2 aromatic rings. The second kappa shape index (κ2) is 6.71. The zero-order valence-corrected chi connectivity index (χ0v) is 13.6. The van der Waals surface area contributed by atoms with E-state index in [1.807, 2.05) is 13.0 Å². The molecular formula is C17H18ClFN2O2. The summed E-state index contributed by atoms with van der Waals surface area (Å²) in [4.78, 5) is 14.4. The lowest BCUT2D eigenvalue weighted by molar-refractivity contribution is -0.131. The van der Waals surface area contributed by atoms with E-state index < -0.39 is 5.82 Å². The highest BCUT2D eigenvalue weighted by molar-refractivity contribution is 6.31. The number of aromatic nitrogens is 1. The number of rotatable bonds is 4. The van der Waals surface area contributed by atoms with E-state index >= 15 is 0 Å².